The highest BCUT2D eigenvalue weighted by atomic mass is 16.5. The summed E-state index contributed by atoms with van der Waals surface area (Å²) in [7, 11) is 0. The summed E-state index contributed by atoms with van der Waals surface area (Å²) in [6.07, 6.45) is 4.44. The molecule has 0 saturated heterocycles. The molecule has 0 aromatic heterocycles. The lowest BCUT2D eigenvalue weighted by molar-refractivity contribution is -0.154. The molecule has 3 N–H and O–H groups in total. The van der Waals surface area contributed by atoms with Gasteiger partial charge in [0.15, 0.2) is 0 Å². The largest absolute Gasteiger partial charge is 0.460 e. The standard InChI is InChI=1S/C30H42N4O7.3H2/c1-19(2)26(33-23(35)10-8-7-9-17-34-24(36)15-16-25(34)37)28(39)31-20(3)27(38)32-22-13-11-21(12-14-22)18-41-29(40)30(4,5)6;;;/h11-16,19-20,26H,7-10,17-18H2,1-6H3,(H,31,39)(H,32,38)(H,33,35);3*1H. The molecule has 1 aromatic rings. The minimum absolute atomic E-state index is 0. The van der Waals surface area contributed by atoms with Crippen LogP contribution in [0.5, 0.6) is 0 Å². The number of benzene rings is 1. The van der Waals surface area contributed by atoms with E-state index in [4.69, 9.17) is 4.74 Å². The van der Waals surface area contributed by atoms with Gasteiger partial charge in [-0.1, -0.05) is 32.4 Å². The number of hydrogen-bond acceptors (Lipinski definition) is 7. The van der Waals surface area contributed by atoms with E-state index in [9.17, 15) is 28.8 Å². The van der Waals surface area contributed by atoms with Gasteiger partial charge in [0.05, 0.1) is 5.41 Å². The summed E-state index contributed by atoms with van der Waals surface area (Å²) in [4.78, 5) is 74.3. The van der Waals surface area contributed by atoms with Gasteiger partial charge < -0.3 is 20.7 Å². The van der Waals surface area contributed by atoms with Gasteiger partial charge in [-0.3, -0.25) is 33.7 Å². The van der Waals surface area contributed by atoms with Gasteiger partial charge in [-0.15, -0.1) is 0 Å². The van der Waals surface area contributed by atoms with Crippen molar-refractivity contribution in [3.05, 3.63) is 42.0 Å². The van der Waals surface area contributed by atoms with Crippen molar-refractivity contribution in [2.45, 2.75) is 85.9 Å². The Morgan fingerprint density at radius 2 is 1.49 bits per heavy atom. The van der Waals surface area contributed by atoms with Crippen LogP contribution in [0.25, 0.3) is 0 Å². The molecule has 1 heterocycles. The van der Waals surface area contributed by atoms with Gasteiger partial charge in [0, 0.05) is 35.1 Å². The van der Waals surface area contributed by atoms with E-state index in [1.807, 2.05) is 0 Å². The molecule has 1 aromatic carbocycles. The second kappa shape index (κ2) is 15.1. The molecule has 1 aliphatic rings. The van der Waals surface area contributed by atoms with Crippen LogP contribution >= 0.6 is 0 Å². The Morgan fingerprint density at radius 1 is 0.878 bits per heavy atom. The topological polar surface area (TPSA) is 151 Å². The third-order valence-corrected chi connectivity index (χ3v) is 6.41. The van der Waals surface area contributed by atoms with Gasteiger partial charge >= 0.3 is 5.97 Å². The number of anilines is 1. The van der Waals surface area contributed by atoms with Crippen molar-refractivity contribution in [1.29, 1.82) is 0 Å². The molecule has 11 heteroatoms. The van der Waals surface area contributed by atoms with Crippen molar-refractivity contribution >= 4 is 41.2 Å². The van der Waals surface area contributed by atoms with Crippen molar-refractivity contribution in [3.63, 3.8) is 0 Å². The van der Waals surface area contributed by atoms with Crippen LogP contribution in [-0.4, -0.2) is 59.0 Å². The van der Waals surface area contributed by atoms with Gasteiger partial charge in [-0.2, -0.15) is 0 Å². The Labute approximate surface area is 245 Å². The summed E-state index contributed by atoms with van der Waals surface area (Å²) in [5.74, 6) is -2.35. The van der Waals surface area contributed by atoms with E-state index in [1.165, 1.54) is 17.1 Å². The zero-order valence-electron chi connectivity index (χ0n) is 24.7. The Hall–Kier alpha value is -4.02. The fourth-order valence-corrected chi connectivity index (χ4v) is 3.83. The molecule has 2 atom stereocenters. The van der Waals surface area contributed by atoms with Crippen molar-refractivity contribution in [3.8, 4) is 0 Å². The number of carbonyl (C=O) groups is 6. The highest BCUT2D eigenvalue weighted by molar-refractivity contribution is 6.12. The Morgan fingerprint density at radius 3 is 2.05 bits per heavy atom. The molecule has 230 valence electrons. The number of nitrogens with one attached hydrogen (secondary N) is 3. The summed E-state index contributed by atoms with van der Waals surface area (Å²) < 4.78 is 5.29. The van der Waals surface area contributed by atoms with E-state index < -0.39 is 29.3 Å². The second-order valence-corrected chi connectivity index (χ2v) is 11.5. The van der Waals surface area contributed by atoms with Crippen LogP contribution in [0.2, 0.25) is 0 Å². The average molecular weight is 577 g/mol. The highest BCUT2D eigenvalue weighted by Crippen LogP contribution is 2.17. The van der Waals surface area contributed by atoms with Gasteiger partial charge in [0.1, 0.15) is 18.7 Å². The van der Waals surface area contributed by atoms with Crippen LogP contribution in [0.15, 0.2) is 36.4 Å². The van der Waals surface area contributed by atoms with Gasteiger partial charge in [-0.05, 0) is 64.2 Å². The second-order valence-electron chi connectivity index (χ2n) is 11.5. The van der Waals surface area contributed by atoms with Gasteiger partial charge in [0.2, 0.25) is 17.7 Å². The Balaban J connectivity index is 0. The predicted octanol–water partition coefficient (Wildman–Crippen LogP) is 3.58. The molecule has 0 spiro atoms. The van der Waals surface area contributed by atoms with Crippen LogP contribution in [0.1, 0.15) is 77.1 Å². The molecule has 41 heavy (non-hydrogen) atoms. The Kier molecular flexibility index (Phi) is 12.2. The van der Waals surface area contributed by atoms with Crippen LogP contribution in [0, 0.1) is 11.3 Å². The smallest absolute Gasteiger partial charge is 0.311 e. The van der Waals surface area contributed by atoms with Crippen molar-refractivity contribution in [2.24, 2.45) is 11.3 Å². The van der Waals surface area contributed by atoms with Crippen LogP contribution < -0.4 is 16.0 Å². The molecular formula is C30H48N4O7. The molecule has 11 nitrogen and oxygen atoms in total. The first kappa shape index (κ1) is 33.2. The van der Waals surface area contributed by atoms with Crippen molar-refractivity contribution in [1.82, 2.24) is 15.5 Å². The molecular weight excluding hydrogens is 528 g/mol. The number of ether oxygens (including phenoxy) is 1. The molecule has 0 fully saturated rings. The lowest BCUT2D eigenvalue weighted by Crippen LogP contribution is -2.53. The average Bonchev–Trinajstić information content (AvgIpc) is 3.22. The summed E-state index contributed by atoms with van der Waals surface area (Å²) in [5.41, 5.74) is 0.696. The normalized spacial score (nSPS) is 14.6. The number of carbonyl (C=O) groups excluding carboxylic acids is 6. The molecule has 1 aliphatic heterocycles. The number of rotatable bonds is 14. The van der Waals surface area contributed by atoms with E-state index in [2.05, 4.69) is 16.0 Å². The first-order valence-electron chi connectivity index (χ1n) is 13.9. The highest BCUT2D eigenvalue weighted by Gasteiger charge is 2.27. The number of hydrogen-bond donors (Lipinski definition) is 3. The lowest BCUT2D eigenvalue weighted by atomic mass is 9.97. The zero-order chi connectivity index (χ0) is 30.7. The molecule has 0 bridgehead atoms. The predicted molar refractivity (Wildman–Crippen MR) is 159 cm³/mol. The molecule has 0 aliphatic carbocycles. The maximum absolute atomic E-state index is 12.9. The van der Waals surface area contributed by atoms with E-state index in [1.54, 1.807) is 65.8 Å². The van der Waals surface area contributed by atoms with Crippen molar-refractivity contribution < 1.29 is 37.8 Å². The maximum Gasteiger partial charge on any atom is 0.311 e. The monoisotopic (exact) mass is 576 g/mol. The fraction of sp³-hybridized carbons (Fsp3) is 0.533. The quantitative estimate of drug-likeness (QED) is 0.174. The first-order chi connectivity index (χ1) is 19.2. The number of esters is 1. The van der Waals surface area contributed by atoms with Gasteiger partial charge in [0.25, 0.3) is 11.8 Å². The van der Waals surface area contributed by atoms with Crippen LogP contribution in [-0.2, 0) is 40.1 Å². The van der Waals surface area contributed by atoms with Crippen LogP contribution in [0.3, 0.4) is 0 Å². The lowest BCUT2D eigenvalue weighted by Gasteiger charge is -2.24. The molecule has 5 amide bonds. The molecule has 0 radical (unpaired) electrons. The number of imide groups is 1. The third-order valence-electron chi connectivity index (χ3n) is 6.41. The first-order valence-corrected chi connectivity index (χ1v) is 13.9. The SMILES string of the molecule is CC(NC(=O)C(NC(=O)CCCCCN1C(=O)C=CC1=O)C(C)C)C(=O)Nc1ccc(COC(=O)C(C)(C)C)cc1.[HH].[HH].[HH]. The summed E-state index contributed by atoms with van der Waals surface area (Å²) in [6, 6.07) is 5.16. The minimum Gasteiger partial charge on any atom is -0.460 e. The third kappa shape index (κ3) is 10.8. The summed E-state index contributed by atoms with van der Waals surface area (Å²) in [5, 5.41) is 8.15. The summed E-state index contributed by atoms with van der Waals surface area (Å²) >= 11 is 0. The van der Waals surface area contributed by atoms with Crippen molar-refractivity contribution in [2.75, 3.05) is 11.9 Å². The van der Waals surface area contributed by atoms with Crippen LogP contribution in [0.4, 0.5) is 5.69 Å². The number of nitrogens with zero attached hydrogens (tertiary/aromatic N) is 1. The fourth-order valence-electron chi connectivity index (χ4n) is 3.83. The molecule has 0 saturated carbocycles. The number of unbranched alkanes of at least 4 members (excludes halogenated alkanes) is 2. The minimum atomic E-state index is -0.862. The molecule has 2 unspecified atom stereocenters. The summed E-state index contributed by atoms with van der Waals surface area (Å²) in [6.45, 7) is 10.9. The van der Waals surface area contributed by atoms with Gasteiger partial charge in [-0.25, -0.2) is 0 Å². The van der Waals surface area contributed by atoms with E-state index in [0.29, 0.717) is 31.5 Å². The number of amides is 5. The van der Waals surface area contributed by atoms with E-state index in [0.717, 1.165) is 5.56 Å². The zero-order valence-corrected chi connectivity index (χ0v) is 24.7. The Bertz CT molecular complexity index is 1150. The maximum atomic E-state index is 12.9. The molecule has 2 rings (SSSR count). The van der Waals surface area contributed by atoms with E-state index >= 15 is 0 Å². The van der Waals surface area contributed by atoms with E-state index in [-0.39, 0.29) is 46.9 Å².